The number of benzene rings is 3. The van der Waals surface area contributed by atoms with Gasteiger partial charge in [-0.05, 0) is 219 Å². The van der Waals surface area contributed by atoms with Crippen molar-refractivity contribution in [3.05, 3.63) is 95.8 Å². The summed E-state index contributed by atoms with van der Waals surface area (Å²) >= 11 is 27.1. The molecular weight excluding hydrogens is 1360 g/mol. The van der Waals surface area contributed by atoms with Gasteiger partial charge < -0.3 is 5.32 Å². The van der Waals surface area contributed by atoms with E-state index >= 15 is 0 Å². The maximum Gasteiger partial charge on any atom is 0.257 e. The summed E-state index contributed by atoms with van der Waals surface area (Å²) in [4.78, 5) is 12.1. The molecule has 1 amide bonds. The Hall–Kier alpha value is 0.440. The number of hydrogen-bond donors (Lipinski definition) is 1. The lowest BCUT2D eigenvalue weighted by Gasteiger charge is -2.15. The third kappa shape index (κ3) is 13.5. The molecule has 0 saturated heterocycles. The van der Waals surface area contributed by atoms with Gasteiger partial charge in [-0.3, -0.25) is 9.36 Å². The molecule has 3 aromatic carbocycles. The highest BCUT2D eigenvalue weighted by Gasteiger charge is 2.42. The van der Waals surface area contributed by atoms with E-state index in [0.717, 1.165) is 12.0 Å². The lowest BCUT2D eigenvalue weighted by atomic mass is 10.2. The number of nitrogens with one attached hydrogen (secondary N) is 1. The van der Waals surface area contributed by atoms with Gasteiger partial charge in [0.1, 0.15) is 5.82 Å². The number of halogens is 9. The predicted molar refractivity (Wildman–Crippen MR) is 246 cm³/mol. The third-order valence-corrected chi connectivity index (χ3v) is 22.3. The fraction of sp³-hybridized carbons (Fsp3) is 0.323. The molecule has 1 aromatic heterocycles. The van der Waals surface area contributed by atoms with Gasteiger partial charge >= 0.3 is 0 Å². The lowest BCUT2D eigenvalue weighted by Crippen LogP contribution is -2.30. The largest absolute Gasteiger partial charge is 0.350 e. The van der Waals surface area contributed by atoms with Gasteiger partial charge in [0.05, 0.1) is 9.79 Å². The van der Waals surface area contributed by atoms with Crippen molar-refractivity contribution < 1.29 is 30.0 Å². The van der Waals surface area contributed by atoms with Crippen molar-refractivity contribution in [2.24, 2.45) is 0 Å². The van der Waals surface area contributed by atoms with Crippen molar-refractivity contribution in [3.8, 4) is 5.69 Å². The molecule has 0 aliphatic heterocycles. The molecule has 0 atom stereocenters. The molecule has 1 heterocycles. The molecule has 0 bridgehead atoms. The summed E-state index contributed by atoms with van der Waals surface area (Å²) in [7, 11) is -11.0. The van der Waals surface area contributed by atoms with Crippen LogP contribution in [-0.2, 0) is 35.9 Å². The van der Waals surface area contributed by atoms with E-state index in [0.29, 0.717) is 23.5 Å². The number of carbonyl (C=O) groups is 1. The van der Waals surface area contributed by atoms with Crippen molar-refractivity contribution in [2.45, 2.75) is 66.0 Å². The third-order valence-electron chi connectivity index (χ3n) is 6.47. The van der Waals surface area contributed by atoms with E-state index in [2.05, 4.69) is 159 Å². The van der Waals surface area contributed by atoms with Gasteiger partial charge in [-0.25, -0.2) is 25.3 Å². The van der Waals surface area contributed by atoms with Crippen LogP contribution in [0.3, 0.4) is 0 Å². The van der Waals surface area contributed by atoms with E-state index in [-0.39, 0.29) is 26.9 Å². The molecule has 4 aromatic rings. The Bertz CT molecular complexity index is 2240. The zero-order chi connectivity index (χ0) is 41.5. The first kappa shape index (κ1) is 50.6. The second-order valence-corrected chi connectivity index (χ2v) is 42.3. The number of nitrogens with zero attached hydrogens (tertiary/aromatic N) is 3. The Kier molecular flexibility index (Phi) is 19.3. The zero-order valence-corrected chi connectivity index (χ0v) is 45.0. The Balaban J connectivity index is 0.000000286. The van der Waals surface area contributed by atoms with Crippen LogP contribution in [0.4, 0.5) is 0 Å². The van der Waals surface area contributed by atoms with Gasteiger partial charge in [0, 0.05) is 23.7 Å². The second kappa shape index (κ2) is 20.6. The van der Waals surface area contributed by atoms with Gasteiger partial charge in [-0.15, -0.1) is 10.2 Å². The van der Waals surface area contributed by atoms with Gasteiger partial charge in [0.2, 0.25) is 33.9 Å². The van der Waals surface area contributed by atoms with E-state index in [1.54, 1.807) is 28.8 Å². The number of alkyl halides is 9. The average molecular weight is 1390 g/mol. The molecule has 0 radical (unpaired) electrons. The quantitative estimate of drug-likeness (QED) is 0.169. The summed E-state index contributed by atoms with van der Waals surface area (Å²) in [6, 6.07) is 21.8. The first-order chi connectivity index (χ1) is 24.6. The highest BCUT2D eigenvalue weighted by Crippen LogP contribution is 2.45. The Morgan fingerprint density at radius 3 is 1.61 bits per heavy atom. The topological polar surface area (TPSA) is 162 Å². The van der Waals surface area contributed by atoms with Crippen LogP contribution in [0, 0.1) is 6.92 Å². The van der Waals surface area contributed by atoms with Crippen LogP contribution < -0.4 is 5.32 Å². The summed E-state index contributed by atoms with van der Waals surface area (Å²) in [6.07, 6.45) is 1.48. The van der Waals surface area contributed by atoms with Crippen molar-refractivity contribution in [3.63, 3.8) is 0 Å². The van der Waals surface area contributed by atoms with E-state index < -0.39 is 33.9 Å². The van der Waals surface area contributed by atoms with Crippen LogP contribution >= 0.6 is 143 Å². The standard InChI is InChI=1S/C12H12Br3N3O2S.C11H12Br3NO3S.C8H7Br3O2S/c1-2-6-10-16-17-11(21(19,20)12(13,14)15)18(10)9-7-4-3-5-8-9;1-7(2)15-10(16)8-4-3-5-9(6-8)19(17,18)11(12,13)14;1-6-3-2-4-7(5-6)14(12,13)8(9,10)11/h3-5,7-8H,2,6H2,1H3;3-7H,1-2H3,(H,15,16);2-5H,1H3. The normalized spacial score (nSPS) is 12.6. The molecule has 0 fully saturated rings. The summed E-state index contributed by atoms with van der Waals surface area (Å²) in [5, 5.41) is 10.5. The van der Waals surface area contributed by atoms with Crippen LogP contribution in [0.2, 0.25) is 0 Å². The maximum atomic E-state index is 12.6. The number of para-hydroxylation sites is 1. The first-order valence-electron chi connectivity index (χ1n) is 15.0. The van der Waals surface area contributed by atoms with Gasteiger partial charge in [-0.2, -0.15) is 0 Å². The molecule has 54 heavy (non-hydrogen) atoms. The molecule has 11 nitrogen and oxygen atoms in total. The number of aryl methyl sites for hydroxylation is 2. The van der Waals surface area contributed by atoms with E-state index in [9.17, 15) is 30.0 Å². The van der Waals surface area contributed by atoms with E-state index in [4.69, 9.17) is 0 Å². The Morgan fingerprint density at radius 1 is 0.685 bits per heavy atom. The molecule has 0 aliphatic carbocycles. The van der Waals surface area contributed by atoms with Crippen molar-refractivity contribution in [2.75, 3.05) is 0 Å². The number of rotatable bonds is 8. The van der Waals surface area contributed by atoms with Gasteiger partial charge in [0.25, 0.3) is 11.1 Å². The number of aromatic nitrogens is 3. The maximum absolute atomic E-state index is 12.6. The SMILES string of the molecule is CC(C)NC(=O)c1cccc(S(=O)(=O)C(Br)(Br)Br)c1.CCCc1nnc(S(=O)(=O)C(Br)(Br)Br)n1-c1ccccc1.Cc1cccc(S(=O)(=O)C(Br)(Br)Br)c1. The Labute approximate surface area is 391 Å². The molecule has 23 heteroatoms. The van der Waals surface area contributed by atoms with Crippen molar-refractivity contribution in [1.82, 2.24) is 20.1 Å². The number of sulfone groups is 3. The summed E-state index contributed by atoms with van der Waals surface area (Å²) in [5.41, 5.74) is 1.91. The summed E-state index contributed by atoms with van der Waals surface area (Å²) in [5.74, 6) is 0.301. The van der Waals surface area contributed by atoms with E-state index in [1.807, 2.05) is 64.1 Å². The van der Waals surface area contributed by atoms with Crippen LogP contribution in [0.1, 0.15) is 48.9 Å². The minimum atomic E-state index is -3.81. The van der Waals surface area contributed by atoms with Gasteiger partial charge in [-0.1, -0.05) is 43.3 Å². The number of amides is 1. The van der Waals surface area contributed by atoms with Crippen LogP contribution in [-0.4, -0.2) is 56.4 Å². The molecule has 298 valence electrons. The molecule has 1 N–H and O–H groups in total. The fourth-order valence-corrected chi connectivity index (χ4v) is 11.1. The number of carbonyl (C=O) groups excluding carboxylic acids is 1. The van der Waals surface area contributed by atoms with Crippen LogP contribution in [0.5, 0.6) is 0 Å². The monoisotopic (exact) mass is 1380 g/mol. The highest BCUT2D eigenvalue weighted by atomic mass is 80.0. The minimum Gasteiger partial charge on any atom is -0.350 e. The molecule has 4 rings (SSSR count). The average Bonchev–Trinajstić information content (AvgIpc) is 3.48. The second-order valence-electron chi connectivity index (χ2n) is 11.1. The molecule has 0 aliphatic rings. The smallest absolute Gasteiger partial charge is 0.257 e. The van der Waals surface area contributed by atoms with Crippen molar-refractivity contribution >= 4 is 179 Å². The number of hydrogen-bond acceptors (Lipinski definition) is 9. The molecule has 0 unspecified atom stereocenters. The zero-order valence-electron chi connectivity index (χ0n) is 28.3. The minimum absolute atomic E-state index is 0.0182. The van der Waals surface area contributed by atoms with Crippen LogP contribution in [0.15, 0.2) is 93.8 Å². The molecule has 0 spiro atoms. The van der Waals surface area contributed by atoms with E-state index in [1.165, 1.54) is 18.2 Å². The lowest BCUT2D eigenvalue weighted by molar-refractivity contribution is 0.0943. The Morgan fingerprint density at radius 2 is 1.17 bits per heavy atom. The highest BCUT2D eigenvalue weighted by molar-refractivity contribution is 9.43. The van der Waals surface area contributed by atoms with Crippen LogP contribution in [0.25, 0.3) is 5.69 Å². The molecule has 0 saturated carbocycles. The summed E-state index contributed by atoms with van der Waals surface area (Å²) < 4.78 is 70.6. The predicted octanol–water partition coefficient (Wildman–Crippen LogP) is 10.7. The van der Waals surface area contributed by atoms with Gasteiger partial charge in [0.15, 0.2) is 0 Å². The van der Waals surface area contributed by atoms with Crippen molar-refractivity contribution in [1.29, 1.82) is 0 Å². The first-order valence-corrected chi connectivity index (χ1v) is 26.6. The summed E-state index contributed by atoms with van der Waals surface area (Å²) in [6.45, 7) is 7.51. The molecular formula is C31H31Br9N4O7S3. The fourth-order valence-electron chi connectivity index (χ4n) is 4.00.